The lowest BCUT2D eigenvalue weighted by Crippen LogP contribution is -2.28. The molecule has 0 spiro atoms. The Labute approximate surface area is 188 Å². The number of carboxylic acid groups (broad SMARTS) is 1. The van der Waals surface area contributed by atoms with E-state index in [1.165, 1.54) is 0 Å². The first-order valence-electron chi connectivity index (χ1n) is 10.4. The Balaban J connectivity index is 1.70. The third-order valence-electron chi connectivity index (χ3n) is 5.10. The fourth-order valence-electron chi connectivity index (χ4n) is 3.37. The molecule has 0 aliphatic carbocycles. The quantitative estimate of drug-likeness (QED) is 0.450. The van der Waals surface area contributed by atoms with Crippen molar-refractivity contribution in [3.63, 3.8) is 0 Å². The van der Waals surface area contributed by atoms with Gasteiger partial charge in [0, 0.05) is 24.1 Å². The van der Waals surface area contributed by atoms with Crippen molar-refractivity contribution >= 4 is 11.8 Å². The van der Waals surface area contributed by atoms with Crippen molar-refractivity contribution in [2.75, 3.05) is 27.2 Å². The molecule has 3 aromatic carbocycles. The lowest BCUT2D eigenvalue weighted by atomic mass is 10.0. The fourth-order valence-corrected chi connectivity index (χ4v) is 3.37. The minimum absolute atomic E-state index is 0.0241. The van der Waals surface area contributed by atoms with E-state index in [2.05, 4.69) is 0 Å². The van der Waals surface area contributed by atoms with Crippen LogP contribution in [0.15, 0.2) is 78.9 Å². The predicted molar refractivity (Wildman–Crippen MR) is 122 cm³/mol. The second kappa shape index (κ2) is 11.1. The van der Waals surface area contributed by atoms with Gasteiger partial charge in [-0.05, 0) is 61.1 Å². The summed E-state index contributed by atoms with van der Waals surface area (Å²) in [6, 6.07) is 23.9. The van der Waals surface area contributed by atoms with Crippen molar-refractivity contribution in [1.29, 1.82) is 0 Å². The summed E-state index contributed by atoms with van der Waals surface area (Å²) < 4.78 is 11.4. The predicted octanol–water partition coefficient (Wildman–Crippen LogP) is 4.45. The van der Waals surface area contributed by atoms with Crippen LogP contribution in [0.4, 0.5) is 0 Å². The highest BCUT2D eigenvalue weighted by Gasteiger charge is 2.16. The molecule has 0 aliphatic heterocycles. The summed E-state index contributed by atoms with van der Waals surface area (Å²) in [5, 5.41) is 8.97. The molecular weight excluding hydrogens is 406 g/mol. The maximum atomic E-state index is 12.7. The van der Waals surface area contributed by atoms with E-state index in [0.717, 1.165) is 5.56 Å². The number of hydrogen-bond acceptors (Lipinski definition) is 5. The standard InChI is InChI=1S/C26H27NO5/c1-27(18-25(28)29)17-16-24(19-6-4-3-5-7-19)32-23-14-10-21(11-15-23)26(30)20-8-12-22(31-2)13-9-20/h3-15,24H,16-18H2,1-2H3,(H,28,29). The summed E-state index contributed by atoms with van der Waals surface area (Å²) >= 11 is 0. The number of ketones is 1. The number of rotatable bonds is 11. The minimum atomic E-state index is -0.859. The van der Waals surface area contributed by atoms with Gasteiger partial charge in [0.1, 0.15) is 17.6 Å². The molecule has 32 heavy (non-hydrogen) atoms. The monoisotopic (exact) mass is 433 g/mol. The molecular formula is C26H27NO5. The smallest absolute Gasteiger partial charge is 0.317 e. The van der Waals surface area contributed by atoms with Gasteiger partial charge < -0.3 is 14.6 Å². The van der Waals surface area contributed by atoms with E-state index in [9.17, 15) is 9.59 Å². The SMILES string of the molecule is COc1ccc(C(=O)c2ccc(OC(CCN(C)CC(=O)O)c3ccccc3)cc2)cc1. The number of carbonyl (C=O) groups excluding carboxylic acids is 1. The first-order valence-corrected chi connectivity index (χ1v) is 10.4. The molecule has 166 valence electrons. The van der Waals surface area contributed by atoms with Crippen molar-refractivity contribution in [1.82, 2.24) is 4.90 Å². The highest BCUT2D eigenvalue weighted by Crippen LogP contribution is 2.26. The van der Waals surface area contributed by atoms with E-state index < -0.39 is 5.97 Å². The van der Waals surface area contributed by atoms with E-state index in [-0.39, 0.29) is 18.4 Å². The molecule has 0 aromatic heterocycles. The summed E-state index contributed by atoms with van der Waals surface area (Å²) in [5.74, 6) is 0.410. The molecule has 0 aliphatic rings. The summed E-state index contributed by atoms with van der Waals surface area (Å²) in [5.41, 5.74) is 2.16. The van der Waals surface area contributed by atoms with Crippen LogP contribution in [-0.4, -0.2) is 49.0 Å². The van der Waals surface area contributed by atoms with Gasteiger partial charge in [0.15, 0.2) is 5.78 Å². The molecule has 0 amide bonds. The van der Waals surface area contributed by atoms with Crippen LogP contribution in [-0.2, 0) is 4.79 Å². The summed E-state index contributed by atoms with van der Waals surface area (Å²) in [6.45, 7) is 0.545. The highest BCUT2D eigenvalue weighted by atomic mass is 16.5. The Morgan fingerprint density at radius 2 is 1.44 bits per heavy atom. The Hall–Kier alpha value is -3.64. The average Bonchev–Trinajstić information content (AvgIpc) is 2.82. The van der Waals surface area contributed by atoms with E-state index in [1.54, 1.807) is 67.6 Å². The normalized spacial score (nSPS) is 11.7. The number of methoxy groups -OCH3 is 1. The maximum Gasteiger partial charge on any atom is 0.317 e. The van der Waals surface area contributed by atoms with Gasteiger partial charge >= 0.3 is 5.97 Å². The van der Waals surface area contributed by atoms with Crippen LogP contribution in [0.2, 0.25) is 0 Å². The molecule has 0 fully saturated rings. The lowest BCUT2D eigenvalue weighted by molar-refractivity contribution is -0.138. The molecule has 1 unspecified atom stereocenters. The molecule has 0 saturated carbocycles. The van der Waals surface area contributed by atoms with E-state index in [4.69, 9.17) is 14.6 Å². The van der Waals surface area contributed by atoms with Gasteiger partial charge in [-0.2, -0.15) is 0 Å². The van der Waals surface area contributed by atoms with Gasteiger partial charge in [0.25, 0.3) is 0 Å². The van der Waals surface area contributed by atoms with Gasteiger partial charge in [-0.3, -0.25) is 14.5 Å². The second-order valence-corrected chi connectivity index (χ2v) is 7.52. The Bertz CT molecular complexity index is 1020. The van der Waals surface area contributed by atoms with Crippen molar-refractivity contribution in [2.24, 2.45) is 0 Å². The van der Waals surface area contributed by atoms with Crippen molar-refractivity contribution in [3.8, 4) is 11.5 Å². The topological polar surface area (TPSA) is 76.1 Å². The van der Waals surface area contributed by atoms with Crippen LogP contribution in [0, 0.1) is 0 Å². The van der Waals surface area contributed by atoms with Crippen molar-refractivity contribution < 1.29 is 24.2 Å². The van der Waals surface area contributed by atoms with E-state index >= 15 is 0 Å². The maximum absolute atomic E-state index is 12.7. The lowest BCUT2D eigenvalue weighted by Gasteiger charge is -2.22. The van der Waals surface area contributed by atoms with Gasteiger partial charge in [0.2, 0.25) is 0 Å². The summed E-state index contributed by atoms with van der Waals surface area (Å²) in [4.78, 5) is 25.4. The molecule has 6 heteroatoms. The number of nitrogens with zero attached hydrogens (tertiary/aromatic N) is 1. The van der Waals surface area contributed by atoms with Gasteiger partial charge in [0.05, 0.1) is 13.7 Å². The van der Waals surface area contributed by atoms with Gasteiger partial charge in [-0.25, -0.2) is 0 Å². The number of hydrogen-bond donors (Lipinski definition) is 1. The molecule has 0 bridgehead atoms. The Kier molecular flexibility index (Phi) is 8.00. The number of likely N-dealkylation sites (N-methyl/N-ethyl adjacent to an activating group) is 1. The Morgan fingerprint density at radius 1 is 0.875 bits per heavy atom. The van der Waals surface area contributed by atoms with E-state index in [1.807, 2.05) is 30.3 Å². The zero-order valence-electron chi connectivity index (χ0n) is 18.2. The van der Waals surface area contributed by atoms with Crippen molar-refractivity contribution in [2.45, 2.75) is 12.5 Å². The molecule has 6 nitrogen and oxygen atoms in total. The van der Waals surface area contributed by atoms with Crippen LogP contribution in [0.3, 0.4) is 0 Å². The van der Waals surface area contributed by atoms with E-state index in [0.29, 0.717) is 35.6 Å². The van der Waals surface area contributed by atoms with Crippen LogP contribution in [0.5, 0.6) is 11.5 Å². The highest BCUT2D eigenvalue weighted by molar-refractivity contribution is 6.09. The van der Waals surface area contributed by atoms with Crippen LogP contribution >= 0.6 is 0 Å². The molecule has 1 atom stereocenters. The number of carbonyl (C=O) groups is 2. The number of benzene rings is 3. The summed E-state index contributed by atoms with van der Waals surface area (Å²) in [6.07, 6.45) is 0.385. The third kappa shape index (κ3) is 6.43. The Morgan fingerprint density at radius 3 is 1.97 bits per heavy atom. The van der Waals surface area contributed by atoms with Gasteiger partial charge in [-0.1, -0.05) is 30.3 Å². The molecule has 1 N–H and O–H groups in total. The molecule has 3 rings (SSSR count). The first kappa shape index (κ1) is 23.0. The minimum Gasteiger partial charge on any atom is -0.497 e. The molecule has 0 saturated heterocycles. The molecule has 0 heterocycles. The largest absolute Gasteiger partial charge is 0.497 e. The fraction of sp³-hybridized carbons (Fsp3) is 0.231. The van der Waals surface area contributed by atoms with Crippen LogP contribution < -0.4 is 9.47 Å². The number of aliphatic carboxylic acids is 1. The third-order valence-corrected chi connectivity index (χ3v) is 5.10. The zero-order chi connectivity index (χ0) is 22.9. The van der Waals surface area contributed by atoms with Crippen LogP contribution in [0.1, 0.15) is 34.0 Å². The zero-order valence-corrected chi connectivity index (χ0v) is 18.2. The molecule has 0 radical (unpaired) electrons. The average molecular weight is 434 g/mol. The van der Waals surface area contributed by atoms with Crippen molar-refractivity contribution in [3.05, 3.63) is 95.6 Å². The second-order valence-electron chi connectivity index (χ2n) is 7.52. The first-order chi connectivity index (χ1) is 15.5. The number of carboxylic acids is 1. The summed E-state index contributed by atoms with van der Waals surface area (Å²) in [7, 11) is 3.36. The van der Waals surface area contributed by atoms with Gasteiger partial charge in [-0.15, -0.1) is 0 Å². The van der Waals surface area contributed by atoms with Crippen LogP contribution in [0.25, 0.3) is 0 Å². The number of ether oxygens (including phenoxy) is 2. The molecule has 3 aromatic rings.